The van der Waals surface area contributed by atoms with Crippen molar-refractivity contribution in [2.24, 2.45) is 0 Å². The standard InChI is InChI=1S/C14H14N4O4/c19-14(11-3-8-22-10-11)17-6-4-16(5-7-17)13-2-1-12(9-15-13)18(20)21/h1-3,8-10H,4-7H2. The average Bonchev–Trinajstić information content (AvgIpc) is 3.09. The zero-order valence-corrected chi connectivity index (χ0v) is 11.7. The summed E-state index contributed by atoms with van der Waals surface area (Å²) in [5.41, 5.74) is 0.513. The fourth-order valence-electron chi connectivity index (χ4n) is 2.38. The zero-order chi connectivity index (χ0) is 15.5. The van der Waals surface area contributed by atoms with E-state index in [0.717, 1.165) is 0 Å². The molecule has 0 spiro atoms. The first-order chi connectivity index (χ1) is 10.6. The van der Waals surface area contributed by atoms with Crippen molar-refractivity contribution in [3.63, 3.8) is 0 Å². The van der Waals surface area contributed by atoms with Crippen LogP contribution in [0.1, 0.15) is 10.4 Å². The highest BCUT2D eigenvalue weighted by molar-refractivity contribution is 5.94. The van der Waals surface area contributed by atoms with Crippen LogP contribution in [0.2, 0.25) is 0 Å². The number of amides is 1. The van der Waals surface area contributed by atoms with Crippen LogP contribution in [-0.2, 0) is 0 Å². The molecule has 114 valence electrons. The van der Waals surface area contributed by atoms with E-state index in [-0.39, 0.29) is 11.6 Å². The van der Waals surface area contributed by atoms with Gasteiger partial charge in [0.2, 0.25) is 0 Å². The lowest BCUT2D eigenvalue weighted by Crippen LogP contribution is -2.49. The van der Waals surface area contributed by atoms with Crippen LogP contribution in [-0.4, -0.2) is 46.9 Å². The molecule has 8 heteroatoms. The highest BCUT2D eigenvalue weighted by atomic mass is 16.6. The molecule has 0 N–H and O–H groups in total. The highest BCUT2D eigenvalue weighted by Gasteiger charge is 2.23. The molecule has 8 nitrogen and oxygen atoms in total. The SMILES string of the molecule is O=C(c1ccoc1)N1CCN(c2ccc([N+](=O)[O-])cn2)CC1. The molecule has 1 aliphatic rings. The first kappa shape index (κ1) is 14.1. The smallest absolute Gasteiger partial charge is 0.287 e. The Morgan fingerprint density at radius 1 is 1.23 bits per heavy atom. The molecule has 1 saturated heterocycles. The molecular weight excluding hydrogens is 288 g/mol. The number of hydrogen-bond donors (Lipinski definition) is 0. The third-order valence-corrected chi connectivity index (χ3v) is 3.60. The Hall–Kier alpha value is -2.90. The molecule has 1 fully saturated rings. The van der Waals surface area contributed by atoms with Gasteiger partial charge in [-0.25, -0.2) is 4.98 Å². The van der Waals surface area contributed by atoms with E-state index in [1.54, 1.807) is 17.0 Å². The van der Waals surface area contributed by atoms with Gasteiger partial charge in [0.25, 0.3) is 11.6 Å². The molecule has 0 radical (unpaired) electrons. The van der Waals surface area contributed by atoms with E-state index < -0.39 is 4.92 Å². The van der Waals surface area contributed by atoms with E-state index in [1.807, 2.05) is 4.90 Å². The zero-order valence-electron chi connectivity index (χ0n) is 11.7. The van der Waals surface area contributed by atoms with E-state index in [2.05, 4.69) is 4.98 Å². The summed E-state index contributed by atoms with van der Waals surface area (Å²) < 4.78 is 4.92. The Morgan fingerprint density at radius 2 is 2.00 bits per heavy atom. The molecular formula is C14H14N4O4. The Kier molecular flexibility index (Phi) is 3.73. The van der Waals surface area contributed by atoms with Gasteiger partial charge in [-0.15, -0.1) is 0 Å². The Morgan fingerprint density at radius 3 is 2.55 bits per heavy atom. The Bertz CT molecular complexity index is 661. The van der Waals surface area contributed by atoms with Crippen LogP contribution in [0, 0.1) is 10.1 Å². The normalized spacial score (nSPS) is 14.9. The molecule has 2 aromatic rings. The van der Waals surface area contributed by atoms with Crippen molar-refractivity contribution >= 4 is 17.4 Å². The van der Waals surface area contributed by atoms with Gasteiger partial charge in [0, 0.05) is 32.2 Å². The van der Waals surface area contributed by atoms with Gasteiger partial charge >= 0.3 is 0 Å². The van der Waals surface area contributed by atoms with Crippen LogP contribution in [0.5, 0.6) is 0 Å². The number of piperazine rings is 1. The topological polar surface area (TPSA) is 92.7 Å². The number of nitrogens with zero attached hydrogens (tertiary/aromatic N) is 4. The molecule has 0 unspecified atom stereocenters. The monoisotopic (exact) mass is 302 g/mol. The van der Waals surface area contributed by atoms with E-state index in [0.29, 0.717) is 37.6 Å². The molecule has 0 aromatic carbocycles. The van der Waals surface area contributed by atoms with Gasteiger partial charge in [-0.1, -0.05) is 0 Å². The number of furan rings is 1. The van der Waals surface area contributed by atoms with Crippen molar-refractivity contribution in [1.82, 2.24) is 9.88 Å². The van der Waals surface area contributed by atoms with E-state index in [1.165, 1.54) is 24.8 Å². The van der Waals surface area contributed by atoms with Crippen LogP contribution in [0.25, 0.3) is 0 Å². The summed E-state index contributed by atoms with van der Waals surface area (Å²) in [6, 6.07) is 4.71. The van der Waals surface area contributed by atoms with Gasteiger partial charge in [0.1, 0.15) is 18.3 Å². The minimum atomic E-state index is -0.474. The maximum atomic E-state index is 12.2. The lowest BCUT2D eigenvalue weighted by molar-refractivity contribution is -0.385. The van der Waals surface area contributed by atoms with Crippen molar-refractivity contribution in [2.45, 2.75) is 0 Å². The molecule has 0 aliphatic carbocycles. The summed E-state index contributed by atoms with van der Waals surface area (Å²) in [5.74, 6) is 0.631. The number of carbonyl (C=O) groups excluding carboxylic acids is 1. The molecule has 1 aliphatic heterocycles. The summed E-state index contributed by atoms with van der Waals surface area (Å²) >= 11 is 0. The minimum Gasteiger partial charge on any atom is -0.472 e. The van der Waals surface area contributed by atoms with Gasteiger partial charge < -0.3 is 14.2 Å². The first-order valence-electron chi connectivity index (χ1n) is 6.82. The molecule has 0 saturated carbocycles. The molecule has 3 heterocycles. The third kappa shape index (κ3) is 2.76. The number of nitro groups is 1. The number of aromatic nitrogens is 1. The summed E-state index contributed by atoms with van der Waals surface area (Å²) in [5, 5.41) is 10.6. The Labute approximate surface area is 126 Å². The molecule has 1 amide bonds. The minimum absolute atomic E-state index is 0.0301. The van der Waals surface area contributed by atoms with Crippen molar-refractivity contribution in [3.8, 4) is 0 Å². The predicted molar refractivity (Wildman–Crippen MR) is 77.7 cm³/mol. The van der Waals surface area contributed by atoms with Crippen LogP contribution < -0.4 is 4.90 Å². The highest BCUT2D eigenvalue weighted by Crippen LogP contribution is 2.18. The Balaban J connectivity index is 1.62. The number of anilines is 1. The second-order valence-corrected chi connectivity index (χ2v) is 4.92. The van der Waals surface area contributed by atoms with Gasteiger partial charge in [-0.2, -0.15) is 0 Å². The van der Waals surface area contributed by atoms with Crippen molar-refractivity contribution in [1.29, 1.82) is 0 Å². The molecule has 3 rings (SSSR count). The first-order valence-corrected chi connectivity index (χ1v) is 6.82. The van der Waals surface area contributed by atoms with Gasteiger partial charge in [0.15, 0.2) is 0 Å². The van der Waals surface area contributed by atoms with Crippen molar-refractivity contribution in [3.05, 3.63) is 52.6 Å². The molecule has 22 heavy (non-hydrogen) atoms. The van der Waals surface area contributed by atoms with E-state index in [9.17, 15) is 14.9 Å². The second kappa shape index (κ2) is 5.84. The fourth-order valence-corrected chi connectivity index (χ4v) is 2.38. The van der Waals surface area contributed by atoms with Gasteiger partial charge in [-0.05, 0) is 12.1 Å². The maximum absolute atomic E-state index is 12.2. The number of pyridine rings is 1. The lowest BCUT2D eigenvalue weighted by atomic mass is 10.2. The molecule has 0 bridgehead atoms. The predicted octanol–water partition coefficient (Wildman–Crippen LogP) is 1.55. The summed E-state index contributed by atoms with van der Waals surface area (Å²) in [4.78, 5) is 30.2. The van der Waals surface area contributed by atoms with Crippen molar-refractivity contribution < 1.29 is 14.1 Å². The van der Waals surface area contributed by atoms with Crippen LogP contribution in [0.3, 0.4) is 0 Å². The van der Waals surface area contributed by atoms with Crippen LogP contribution >= 0.6 is 0 Å². The summed E-state index contributed by atoms with van der Waals surface area (Å²) in [6.07, 6.45) is 4.16. The number of rotatable bonds is 3. The van der Waals surface area contributed by atoms with Crippen molar-refractivity contribution in [2.75, 3.05) is 31.1 Å². The third-order valence-electron chi connectivity index (χ3n) is 3.60. The number of hydrogen-bond acceptors (Lipinski definition) is 6. The summed E-state index contributed by atoms with van der Waals surface area (Å²) in [6.45, 7) is 2.41. The fraction of sp³-hybridized carbons (Fsp3) is 0.286. The maximum Gasteiger partial charge on any atom is 0.287 e. The largest absolute Gasteiger partial charge is 0.472 e. The van der Waals surface area contributed by atoms with Crippen LogP contribution in [0.4, 0.5) is 11.5 Å². The quantitative estimate of drug-likeness (QED) is 0.631. The summed E-state index contributed by atoms with van der Waals surface area (Å²) in [7, 11) is 0. The van der Waals surface area contributed by atoms with Crippen LogP contribution in [0.15, 0.2) is 41.3 Å². The van der Waals surface area contributed by atoms with E-state index in [4.69, 9.17) is 4.42 Å². The number of carbonyl (C=O) groups is 1. The lowest BCUT2D eigenvalue weighted by Gasteiger charge is -2.35. The average molecular weight is 302 g/mol. The molecule has 0 atom stereocenters. The molecule has 2 aromatic heterocycles. The van der Waals surface area contributed by atoms with Gasteiger partial charge in [-0.3, -0.25) is 14.9 Å². The second-order valence-electron chi connectivity index (χ2n) is 4.92. The van der Waals surface area contributed by atoms with E-state index >= 15 is 0 Å². The van der Waals surface area contributed by atoms with Gasteiger partial charge in [0.05, 0.1) is 16.7 Å².